The molecule has 0 aromatic carbocycles. The summed E-state index contributed by atoms with van der Waals surface area (Å²) in [5.74, 6) is 0.715. The van der Waals surface area contributed by atoms with Crippen LogP contribution in [0, 0.1) is 7.11 Å². The Hall–Kier alpha value is -0.460. The minimum atomic E-state index is 0.715. The molecule has 0 bridgehead atoms. The molecular weight excluding hydrogens is 100 g/mol. The van der Waals surface area contributed by atoms with Crippen LogP contribution < -0.4 is 0 Å². The lowest BCUT2D eigenvalue weighted by molar-refractivity contribution is 0.338. The van der Waals surface area contributed by atoms with Gasteiger partial charge in [0.25, 0.3) is 7.11 Å². The molecule has 0 aromatic rings. The predicted molar refractivity (Wildman–Crippen MR) is 33.0 cm³/mol. The molecule has 45 valence electrons. The van der Waals surface area contributed by atoms with Gasteiger partial charge in [-0.1, -0.05) is 6.92 Å². The summed E-state index contributed by atoms with van der Waals surface area (Å²) in [5, 5.41) is 0. The Kier molecular flexibility index (Phi) is 3.33. The number of ether oxygens (including phenoxy) is 1. The quantitative estimate of drug-likeness (QED) is 0.496. The van der Waals surface area contributed by atoms with Gasteiger partial charge in [-0.05, 0) is 25.8 Å². The molecule has 0 aliphatic rings. The van der Waals surface area contributed by atoms with Crippen LogP contribution in [-0.2, 0) is 4.74 Å². The number of hydrogen-bond acceptors (Lipinski definition) is 1. The molecule has 0 saturated carbocycles. The Morgan fingerprint density at radius 1 is 1.50 bits per heavy atom. The Labute approximate surface area is 51.4 Å². The van der Waals surface area contributed by atoms with E-state index in [0.717, 1.165) is 12.0 Å². The van der Waals surface area contributed by atoms with E-state index in [1.807, 2.05) is 13.8 Å². The van der Waals surface area contributed by atoms with Gasteiger partial charge >= 0.3 is 0 Å². The molecule has 0 spiro atoms. The lowest BCUT2D eigenvalue weighted by atomic mass is 10.2. The summed E-state index contributed by atoms with van der Waals surface area (Å²) in [6, 6.07) is 0. The van der Waals surface area contributed by atoms with Crippen molar-refractivity contribution in [1.82, 2.24) is 0 Å². The summed E-state index contributed by atoms with van der Waals surface area (Å²) < 4.78 is 4.23. The summed E-state index contributed by atoms with van der Waals surface area (Å²) in [6.07, 6.45) is 0.963. The maximum atomic E-state index is 6.48. The largest absolute Gasteiger partial charge is 0.478 e. The van der Waals surface area contributed by atoms with Gasteiger partial charge in [-0.2, -0.15) is 0 Å². The topological polar surface area (TPSA) is 9.23 Å². The smallest absolute Gasteiger partial charge is 0.252 e. The van der Waals surface area contributed by atoms with Gasteiger partial charge in [0.1, 0.15) is 0 Å². The lowest BCUT2D eigenvalue weighted by Crippen LogP contribution is -1.82. The Morgan fingerprint density at radius 2 is 2.00 bits per heavy atom. The number of hydrogen-bond donors (Lipinski definition) is 0. The molecule has 0 atom stereocenters. The van der Waals surface area contributed by atoms with Gasteiger partial charge < -0.3 is 4.74 Å². The van der Waals surface area contributed by atoms with Gasteiger partial charge in [0, 0.05) is 0 Å². The van der Waals surface area contributed by atoms with Crippen LogP contribution in [0.25, 0.3) is 0 Å². The second kappa shape index (κ2) is 3.53. The lowest BCUT2D eigenvalue weighted by Gasteiger charge is -2.00. The van der Waals surface area contributed by atoms with E-state index in [-0.39, 0.29) is 0 Å². The summed E-state index contributed by atoms with van der Waals surface area (Å²) >= 11 is 0. The number of rotatable bonds is 2. The van der Waals surface area contributed by atoms with Gasteiger partial charge in [0.15, 0.2) is 0 Å². The molecule has 0 aromatic heterocycles. The first-order chi connectivity index (χ1) is 3.72. The molecule has 0 aliphatic heterocycles. The molecule has 0 aliphatic carbocycles. The highest BCUT2D eigenvalue weighted by molar-refractivity contribution is 5.01. The first kappa shape index (κ1) is 7.54. The normalized spacial score (nSPS) is 13.0. The van der Waals surface area contributed by atoms with E-state index in [1.165, 1.54) is 0 Å². The molecule has 0 rings (SSSR count). The van der Waals surface area contributed by atoms with E-state index in [2.05, 4.69) is 4.74 Å². The summed E-state index contributed by atoms with van der Waals surface area (Å²) in [6.45, 7) is 5.80. The van der Waals surface area contributed by atoms with Crippen molar-refractivity contribution < 1.29 is 4.74 Å². The second-order valence-corrected chi connectivity index (χ2v) is 1.79. The fourth-order valence-electron chi connectivity index (χ4n) is 0.336. The van der Waals surface area contributed by atoms with Crippen molar-refractivity contribution in [3.8, 4) is 0 Å². The van der Waals surface area contributed by atoms with Crippen LogP contribution in [0.1, 0.15) is 27.2 Å². The van der Waals surface area contributed by atoms with Gasteiger partial charge in [-0.3, -0.25) is 0 Å². The molecular formula is C7H11O. The first-order valence-corrected chi connectivity index (χ1v) is 2.72. The van der Waals surface area contributed by atoms with E-state index in [1.54, 1.807) is 6.92 Å². The van der Waals surface area contributed by atoms with Crippen molar-refractivity contribution >= 4 is 0 Å². The van der Waals surface area contributed by atoms with E-state index in [4.69, 9.17) is 7.11 Å². The minimum absolute atomic E-state index is 0.715. The molecule has 0 fully saturated rings. The maximum Gasteiger partial charge on any atom is 0.252 e. The molecule has 8 heavy (non-hydrogen) atoms. The molecule has 3 radical (unpaired) electrons. The van der Waals surface area contributed by atoms with E-state index >= 15 is 0 Å². The Bertz CT molecular complexity index is 80.6. The third kappa shape index (κ3) is 2.01. The average molecular weight is 111 g/mol. The van der Waals surface area contributed by atoms with Crippen LogP contribution in [0.5, 0.6) is 0 Å². The third-order valence-corrected chi connectivity index (χ3v) is 1.28. The van der Waals surface area contributed by atoms with Crippen molar-refractivity contribution in [3.05, 3.63) is 18.4 Å². The monoisotopic (exact) mass is 111 g/mol. The molecule has 0 unspecified atom stereocenters. The van der Waals surface area contributed by atoms with Gasteiger partial charge in [-0.25, -0.2) is 0 Å². The highest BCUT2D eigenvalue weighted by Crippen LogP contribution is 2.06. The predicted octanol–water partition coefficient (Wildman–Crippen LogP) is 2.25. The summed E-state index contributed by atoms with van der Waals surface area (Å²) in [5.41, 5.74) is 1.14. The summed E-state index contributed by atoms with van der Waals surface area (Å²) in [7, 11) is 6.48. The summed E-state index contributed by atoms with van der Waals surface area (Å²) in [4.78, 5) is 0. The number of allylic oxidation sites excluding steroid dienone is 2. The van der Waals surface area contributed by atoms with Crippen LogP contribution >= 0.6 is 0 Å². The molecule has 0 amide bonds. The fraction of sp³-hybridized carbons (Fsp3) is 0.571. The van der Waals surface area contributed by atoms with Gasteiger partial charge in [-0.15, -0.1) is 0 Å². The van der Waals surface area contributed by atoms with Crippen LogP contribution in [0.4, 0.5) is 0 Å². The Balaban J connectivity index is 3.83. The molecule has 1 nitrogen and oxygen atoms in total. The van der Waals surface area contributed by atoms with Crippen LogP contribution in [0.15, 0.2) is 11.3 Å². The van der Waals surface area contributed by atoms with Crippen molar-refractivity contribution in [2.45, 2.75) is 27.2 Å². The Morgan fingerprint density at radius 3 is 2.12 bits per heavy atom. The highest BCUT2D eigenvalue weighted by atomic mass is 16.5. The highest BCUT2D eigenvalue weighted by Gasteiger charge is 1.90. The minimum Gasteiger partial charge on any atom is -0.478 e. The zero-order chi connectivity index (χ0) is 6.57. The maximum absolute atomic E-state index is 6.48. The molecule has 1 heteroatoms. The zero-order valence-electron chi connectivity index (χ0n) is 5.62. The SMILES string of the molecule is [C]OC(C)=C(C)CC. The fourth-order valence-corrected chi connectivity index (χ4v) is 0.336. The van der Waals surface area contributed by atoms with E-state index < -0.39 is 0 Å². The van der Waals surface area contributed by atoms with Crippen LogP contribution in [0.2, 0.25) is 0 Å². The second-order valence-electron chi connectivity index (χ2n) is 1.79. The third-order valence-electron chi connectivity index (χ3n) is 1.28. The molecule has 0 saturated heterocycles. The standard InChI is InChI=1S/C7H11O/c1-5-6(2)7(3)8-4/h5H2,1-3H3. The molecule has 0 N–H and O–H groups in total. The van der Waals surface area contributed by atoms with Crippen molar-refractivity contribution in [3.63, 3.8) is 0 Å². The van der Waals surface area contributed by atoms with Crippen molar-refractivity contribution in [2.75, 3.05) is 0 Å². The zero-order valence-corrected chi connectivity index (χ0v) is 5.62. The average Bonchev–Trinajstić information content (AvgIpc) is 1.84. The molecule has 0 heterocycles. The first-order valence-electron chi connectivity index (χ1n) is 2.72. The van der Waals surface area contributed by atoms with Gasteiger partial charge in [0.2, 0.25) is 0 Å². The van der Waals surface area contributed by atoms with Crippen molar-refractivity contribution in [2.24, 2.45) is 0 Å². The van der Waals surface area contributed by atoms with E-state index in [9.17, 15) is 0 Å². The van der Waals surface area contributed by atoms with Crippen LogP contribution in [0.3, 0.4) is 0 Å². The van der Waals surface area contributed by atoms with Crippen LogP contribution in [-0.4, -0.2) is 0 Å². The van der Waals surface area contributed by atoms with E-state index in [0.29, 0.717) is 5.76 Å². The van der Waals surface area contributed by atoms with Gasteiger partial charge in [0.05, 0.1) is 5.76 Å². The van der Waals surface area contributed by atoms with Crippen molar-refractivity contribution in [1.29, 1.82) is 0 Å².